The molecule has 0 spiro atoms. The zero-order valence-electron chi connectivity index (χ0n) is 11.9. The van der Waals surface area contributed by atoms with E-state index in [9.17, 15) is 10.1 Å². The van der Waals surface area contributed by atoms with Crippen LogP contribution in [0.4, 0.5) is 17.6 Å². The van der Waals surface area contributed by atoms with Crippen LogP contribution in [0, 0.1) is 10.1 Å². The Labute approximate surface area is 131 Å². The first-order valence-electron chi connectivity index (χ1n) is 6.65. The van der Waals surface area contributed by atoms with Crippen molar-refractivity contribution in [1.82, 2.24) is 15.0 Å². The lowest BCUT2D eigenvalue weighted by Gasteiger charge is -2.05. The van der Waals surface area contributed by atoms with E-state index in [0.717, 1.165) is 16.7 Å². The molecule has 0 aliphatic carbocycles. The summed E-state index contributed by atoms with van der Waals surface area (Å²) in [6, 6.07) is 13.7. The molecule has 3 aromatic rings. The van der Waals surface area contributed by atoms with Gasteiger partial charge in [-0.2, -0.15) is 15.0 Å². The third-order valence-corrected chi connectivity index (χ3v) is 3.22. The lowest BCUT2D eigenvalue weighted by molar-refractivity contribution is -0.384. The zero-order chi connectivity index (χ0) is 16.4. The Kier molecular flexibility index (Phi) is 3.55. The van der Waals surface area contributed by atoms with Crippen LogP contribution < -0.4 is 11.5 Å². The Morgan fingerprint density at radius 1 is 0.739 bits per heavy atom. The first kappa shape index (κ1) is 14.4. The largest absolute Gasteiger partial charge is 0.368 e. The highest BCUT2D eigenvalue weighted by Gasteiger charge is 2.07. The predicted molar refractivity (Wildman–Crippen MR) is 86.2 cm³/mol. The third-order valence-electron chi connectivity index (χ3n) is 3.22. The van der Waals surface area contributed by atoms with Gasteiger partial charge in [-0.3, -0.25) is 10.1 Å². The fourth-order valence-corrected chi connectivity index (χ4v) is 2.13. The van der Waals surface area contributed by atoms with Gasteiger partial charge in [0.2, 0.25) is 11.9 Å². The highest BCUT2D eigenvalue weighted by atomic mass is 16.6. The van der Waals surface area contributed by atoms with Gasteiger partial charge in [0.1, 0.15) is 0 Å². The van der Waals surface area contributed by atoms with Crippen molar-refractivity contribution in [3.63, 3.8) is 0 Å². The van der Waals surface area contributed by atoms with Gasteiger partial charge < -0.3 is 11.5 Å². The summed E-state index contributed by atoms with van der Waals surface area (Å²) in [5, 5.41) is 10.7. The van der Waals surface area contributed by atoms with Gasteiger partial charge in [0, 0.05) is 17.7 Å². The minimum Gasteiger partial charge on any atom is -0.368 e. The number of nitro benzene ring substituents is 1. The zero-order valence-corrected chi connectivity index (χ0v) is 11.9. The molecular weight excluding hydrogens is 296 g/mol. The number of non-ortho nitro benzene ring substituents is 1. The normalized spacial score (nSPS) is 10.4. The number of rotatable bonds is 3. The number of aromatic nitrogens is 3. The molecule has 0 atom stereocenters. The molecule has 2 aromatic carbocycles. The van der Waals surface area contributed by atoms with Gasteiger partial charge in [0.05, 0.1) is 4.92 Å². The molecule has 3 rings (SSSR count). The van der Waals surface area contributed by atoms with Crippen LogP contribution in [0.5, 0.6) is 0 Å². The molecule has 1 aromatic heterocycles. The van der Waals surface area contributed by atoms with Crippen molar-refractivity contribution in [2.75, 3.05) is 11.5 Å². The maximum Gasteiger partial charge on any atom is 0.269 e. The number of nitrogen functional groups attached to an aromatic ring is 2. The van der Waals surface area contributed by atoms with Gasteiger partial charge in [0.15, 0.2) is 5.82 Å². The number of nitrogens with zero attached hydrogens (tertiary/aromatic N) is 4. The molecule has 114 valence electrons. The van der Waals surface area contributed by atoms with Gasteiger partial charge in [-0.05, 0) is 23.3 Å². The predicted octanol–water partition coefficient (Wildman–Crippen LogP) is 2.28. The topological polar surface area (TPSA) is 134 Å². The Hall–Kier alpha value is -3.55. The van der Waals surface area contributed by atoms with Gasteiger partial charge in [-0.1, -0.05) is 24.3 Å². The second-order valence-corrected chi connectivity index (χ2v) is 4.76. The third kappa shape index (κ3) is 3.05. The van der Waals surface area contributed by atoms with E-state index in [2.05, 4.69) is 15.0 Å². The highest BCUT2D eigenvalue weighted by molar-refractivity contribution is 5.68. The summed E-state index contributed by atoms with van der Waals surface area (Å²) in [4.78, 5) is 22.0. The average Bonchev–Trinajstić information content (AvgIpc) is 2.54. The summed E-state index contributed by atoms with van der Waals surface area (Å²) in [6.07, 6.45) is 0. The minimum atomic E-state index is -0.428. The second-order valence-electron chi connectivity index (χ2n) is 4.76. The van der Waals surface area contributed by atoms with E-state index in [1.54, 1.807) is 12.1 Å². The van der Waals surface area contributed by atoms with E-state index in [1.807, 2.05) is 24.3 Å². The first-order valence-corrected chi connectivity index (χ1v) is 6.65. The standard InChI is InChI=1S/C15H12N6O2/c16-14-18-13(19-15(17)20-14)11-3-1-9(2-4-11)10-5-7-12(8-6-10)21(22)23/h1-8H,(H4,16,17,18,19,20). The summed E-state index contributed by atoms with van der Waals surface area (Å²) < 4.78 is 0. The van der Waals surface area contributed by atoms with Crippen LogP contribution in [0.15, 0.2) is 48.5 Å². The summed E-state index contributed by atoms with van der Waals surface area (Å²) in [5.41, 5.74) is 13.7. The number of nitrogens with two attached hydrogens (primary N) is 2. The molecule has 1 heterocycles. The molecule has 0 saturated carbocycles. The fourth-order valence-electron chi connectivity index (χ4n) is 2.13. The number of hydrogen-bond acceptors (Lipinski definition) is 7. The van der Waals surface area contributed by atoms with Gasteiger partial charge in [0.25, 0.3) is 5.69 Å². The quantitative estimate of drug-likeness (QED) is 0.559. The Morgan fingerprint density at radius 3 is 1.65 bits per heavy atom. The second kappa shape index (κ2) is 5.68. The van der Waals surface area contributed by atoms with Crippen molar-refractivity contribution in [3.05, 3.63) is 58.6 Å². The van der Waals surface area contributed by atoms with Crippen molar-refractivity contribution in [3.8, 4) is 22.5 Å². The van der Waals surface area contributed by atoms with Crippen LogP contribution in [0.3, 0.4) is 0 Å². The Morgan fingerprint density at radius 2 is 1.17 bits per heavy atom. The van der Waals surface area contributed by atoms with Crippen LogP contribution in [-0.4, -0.2) is 19.9 Å². The van der Waals surface area contributed by atoms with Gasteiger partial charge >= 0.3 is 0 Å². The van der Waals surface area contributed by atoms with Crippen LogP contribution >= 0.6 is 0 Å². The fraction of sp³-hybridized carbons (Fsp3) is 0. The van der Waals surface area contributed by atoms with Crippen molar-refractivity contribution in [2.24, 2.45) is 0 Å². The van der Waals surface area contributed by atoms with E-state index < -0.39 is 4.92 Å². The molecule has 8 nitrogen and oxygen atoms in total. The van der Waals surface area contributed by atoms with Crippen molar-refractivity contribution < 1.29 is 4.92 Å². The molecule has 0 aliphatic heterocycles. The van der Waals surface area contributed by atoms with Gasteiger partial charge in [-0.15, -0.1) is 0 Å². The number of anilines is 2. The lowest BCUT2D eigenvalue weighted by atomic mass is 10.0. The summed E-state index contributed by atoms with van der Waals surface area (Å²) in [7, 11) is 0. The number of nitro groups is 1. The highest BCUT2D eigenvalue weighted by Crippen LogP contribution is 2.25. The molecule has 4 N–H and O–H groups in total. The SMILES string of the molecule is Nc1nc(N)nc(-c2ccc(-c3ccc([N+](=O)[O-])cc3)cc2)n1. The molecule has 0 aliphatic rings. The van der Waals surface area contributed by atoms with E-state index in [4.69, 9.17) is 11.5 Å². The van der Waals surface area contributed by atoms with Crippen LogP contribution in [-0.2, 0) is 0 Å². The van der Waals surface area contributed by atoms with Gasteiger partial charge in [-0.25, -0.2) is 0 Å². The molecule has 8 heteroatoms. The molecule has 0 radical (unpaired) electrons. The van der Waals surface area contributed by atoms with Crippen LogP contribution in [0.1, 0.15) is 0 Å². The van der Waals surface area contributed by atoms with E-state index in [0.29, 0.717) is 5.82 Å². The monoisotopic (exact) mass is 308 g/mol. The maximum absolute atomic E-state index is 10.7. The van der Waals surface area contributed by atoms with E-state index >= 15 is 0 Å². The summed E-state index contributed by atoms with van der Waals surface area (Å²) in [5.74, 6) is 0.518. The molecule has 0 bridgehead atoms. The average molecular weight is 308 g/mol. The van der Waals surface area contributed by atoms with Crippen molar-refractivity contribution in [1.29, 1.82) is 0 Å². The molecule has 0 fully saturated rings. The van der Waals surface area contributed by atoms with Crippen LogP contribution in [0.2, 0.25) is 0 Å². The van der Waals surface area contributed by atoms with E-state index in [1.165, 1.54) is 12.1 Å². The molecular formula is C15H12N6O2. The van der Waals surface area contributed by atoms with E-state index in [-0.39, 0.29) is 17.6 Å². The Bertz CT molecular complexity index is 842. The first-order chi connectivity index (χ1) is 11.0. The summed E-state index contributed by atoms with van der Waals surface area (Å²) in [6.45, 7) is 0. The molecule has 0 unspecified atom stereocenters. The smallest absolute Gasteiger partial charge is 0.269 e. The minimum absolute atomic E-state index is 0.0570. The Balaban J connectivity index is 1.91. The van der Waals surface area contributed by atoms with Crippen molar-refractivity contribution in [2.45, 2.75) is 0 Å². The van der Waals surface area contributed by atoms with Crippen LogP contribution in [0.25, 0.3) is 22.5 Å². The van der Waals surface area contributed by atoms with Crippen molar-refractivity contribution >= 4 is 17.6 Å². The molecule has 0 amide bonds. The maximum atomic E-state index is 10.7. The lowest BCUT2D eigenvalue weighted by Crippen LogP contribution is -2.04. The molecule has 23 heavy (non-hydrogen) atoms. The molecule has 0 saturated heterocycles. The summed E-state index contributed by atoms with van der Waals surface area (Å²) >= 11 is 0. The number of benzene rings is 2. The number of hydrogen-bond donors (Lipinski definition) is 2.